The van der Waals surface area contributed by atoms with E-state index in [1.165, 1.54) is 0 Å². The van der Waals surface area contributed by atoms with E-state index in [0.29, 0.717) is 12.8 Å². The van der Waals surface area contributed by atoms with Crippen molar-refractivity contribution in [3.05, 3.63) is 46.3 Å². The molecule has 112 valence electrons. The maximum absolute atomic E-state index is 11.4. The summed E-state index contributed by atoms with van der Waals surface area (Å²) in [7, 11) is 0. The van der Waals surface area contributed by atoms with E-state index in [1.54, 1.807) is 0 Å². The number of hydrogen-bond donors (Lipinski definition) is 1. The predicted octanol–water partition coefficient (Wildman–Crippen LogP) is 3.43. The van der Waals surface area contributed by atoms with Crippen LogP contribution in [0.4, 0.5) is 4.79 Å². The van der Waals surface area contributed by atoms with Gasteiger partial charge in [-0.25, -0.2) is 4.79 Å². The molecule has 1 heterocycles. The van der Waals surface area contributed by atoms with Gasteiger partial charge in [0.2, 0.25) is 0 Å². The summed E-state index contributed by atoms with van der Waals surface area (Å²) in [4.78, 5) is 14.4. The SMILES string of the molecule is CC(C)[C@@H]1NC(=O)O[C@@H]1C[C@H](Cc1ccccc1)N=[N+]=[N-]. The van der Waals surface area contributed by atoms with E-state index in [4.69, 9.17) is 10.3 Å². The van der Waals surface area contributed by atoms with E-state index in [9.17, 15) is 4.79 Å². The number of ether oxygens (including phenoxy) is 1. The van der Waals surface area contributed by atoms with Crippen molar-refractivity contribution in [3.8, 4) is 0 Å². The van der Waals surface area contributed by atoms with Crippen molar-refractivity contribution < 1.29 is 9.53 Å². The van der Waals surface area contributed by atoms with Gasteiger partial charge in [-0.05, 0) is 29.9 Å². The summed E-state index contributed by atoms with van der Waals surface area (Å²) in [5.74, 6) is 0.268. The Morgan fingerprint density at radius 2 is 2.10 bits per heavy atom. The monoisotopic (exact) mass is 288 g/mol. The van der Waals surface area contributed by atoms with Gasteiger partial charge < -0.3 is 10.1 Å². The van der Waals surface area contributed by atoms with Gasteiger partial charge in [-0.1, -0.05) is 49.3 Å². The first kappa shape index (κ1) is 15.2. The van der Waals surface area contributed by atoms with E-state index in [-0.39, 0.29) is 24.1 Å². The number of cyclic esters (lactones) is 1. The third-order valence-electron chi connectivity index (χ3n) is 3.70. The third-order valence-corrected chi connectivity index (χ3v) is 3.70. The second kappa shape index (κ2) is 6.99. The number of rotatable bonds is 6. The van der Waals surface area contributed by atoms with Crippen LogP contribution in [0.1, 0.15) is 25.8 Å². The molecule has 1 aliphatic heterocycles. The zero-order valence-corrected chi connectivity index (χ0v) is 12.3. The lowest BCUT2D eigenvalue weighted by atomic mass is 9.93. The molecule has 21 heavy (non-hydrogen) atoms. The van der Waals surface area contributed by atoms with Crippen molar-refractivity contribution in [2.45, 2.75) is 44.9 Å². The molecule has 6 heteroatoms. The molecular formula is C15H20N4O2. The average molecular weight is 288 g/mol. The van der Waals surface area contributed by atoms with Gasteiger partial charge in [0.15, 0.2) is 0 Å². The normalized spacial score (nSPS) is 22.3. The smallest absolute Gasteiger partial charge is 0.407 e. The number of carbonyl (C=O) groups excluding carboxylic acids is 1. The minimum absolute atomic E-state index is 0.0373. The molecule has 0 unspecified atom stereocenters. The molecule has 6 nitrogen and oxygen atoms in total. The Bertz CT molecular complexity index is 526. The molecule has 1 amide bonds. The predicted molar refractivity (Wildman–Crippen MR) is 79.7 cm³/mol. The fourth-order valence-corrected chi connectivity index (χ4v) is 2.66. The number of nitrogens with one attached hydrogen (secondary N) is 1. The van der Waals surface area contributed by atoms with Crippen molar-refractivity contribution in [3.63, 3.8) is 0 Å². The molecule has 0 saturated carbocycles. The van der Waals surface area contributed by atoms with E-state index < -0.39 is 6.09 Å². The van der Waals surface area contributed by atoms with Gasteiger partial charge in [0.1, 0.15) is 6.10 Å². The van der Waals surface area contributed by atoms with Gasteiger partial charge in [-0.2, -0.15) is 0 Å². The van der Waals surface area contributed by atoms with Crippen molar-refractivity contribution >= 4 is 6.09 Å². The van der Waals surface area contributed by atoms with Crippen LogP contribution in [0.5, 0.6) is 0 Å². The summed E-state index contributed by atoms with van der Waals surface area (Å²) in [5.41, 5.74) is 9.86. The van der Waals surface area contributed by atoms with Crippen LogP contribution in [-0.2, 0) is 11.2 Å². The standard InChI is InChI=1S/C15H20N4O2/c1-10(2)14-13(21-15(20)17-14)9-12(18-19-16)8-11-6-4-3-5-7-11/h3-7,10,12-14H,8-9H2,1-2H3,(H,17,20)/t12-,13+,14-/m0/s1. The summed E-state index contributed by atoms with van der Waals surface area (Å²) < 4.78 is 5.32. The molecular weight excluding hydrogens is 268 g/mol. The molecule has 2 rings (SSSR count). The summed E-state index contributed by atoms with van der Waals surface area (Å²) in [5, 5.41) is 6.68. The van der Waals surface area contributed by atoms with Crippen LogP contribution >= 0.6 is 0 Å². The van der Waals surface area contributed by atoms with Crippen LogP contribution in [0.25, 0.3) is 10.4 Å². The molecule has 0 spiro atoms. The fourth-order valence-electron chi connectivity index (χ4n) is 2.66. The highest BCUT2D eigenvalue weighted by Gasteiger charge is 2.37. The lowest BCUT2D eigenvalue weighted by molar-refractivity contribution is 0.114. The number of carbonyl (C=O) groups is 1. The minimum Gasteiger partial charge on any atom is -0.444 e. The first-order chi connectivity index (χ1) is 10.1. The van der Waals surface area contributed by atoms with Gasteiger partial charge >= 0.3 is 6.09 Å². The molecule has 0 radical (unpaired) electrons. The molecule has 1 N–H and O–H groups in total. The van der Waals surface area contributed by atoms with E-state index in [2.05, 4.69) is 15.3 Å². The average Bonchev–Trinajstić information content (AvgIpc) is 2.81. The summed E-state index contributed by atoms with van der Waals surface area (Å²) in [6.07, 6.45) is 0.527. The van der Waals surface area contributed by atoms with Crippen molar-refractivity contribution in [2.75, 3.05) is 0 Å². The Hall–Kier alpha value is -2.20. The first-order valence-electron chi connectivity index (χ1n) is 7.15. The number of azide groups is 1. The number of nitrogens with zero attached hydrogens (tertiary/aromatic N) is 3. The maximum Gasteiger partial charge on any atom is 0.407 e. The summed E-state index contributed by atoms with van der Waals surface area (Å²) >= 11 is 0. The van der Waals surface area contributed by atoms with E-state index in [0.717, 1.165) is 5.56 Å². The highest BCUT2D eigenvalue weighted by Crippen LogP contribution is 2.23. The molecule has 1 aromatic rings. The largest absolute Gasteiger partial charge is 0.444 e. The van der Waals surface area contributed by atoms with Crippen LogP contribution < -0.4 is 5.32 Å². The van der Waals surface area contributed by atoms with Crippen molar-refractivity contribution in [1.82, 2.24) is 5.32 Å². The highest BCUT2D eigenvalue weighted by atomic mass is 16.6. The molecule has 1 aromatic carbocycles. The lowest BCUT2D eigenvalue weighted by Gasteiger charge is -2.22. The number of amides is 1. The zero-order valence-electron chi connectivity index (χ0n) is 12.3. The Balaban J connectivity index is 2.05. The minimum atomic E-state index is -0.391. The number of alkyl carbamates (subject to hydrolysis) is 1. The van der Waals surface area contributed by atoms with Crippen LogP contribution in [0.15, 0.2) is 35.4 Å². The van der Waals surface area contributed by atoms with Gasteiger partial charge in [0.05, 0.1) is 6.04 Å². The van der Waals surface area contributed by atoms with Crippen LogP contribution in [0, 0.1) is 5.92 Å². The van der Waals surface area contributed by atoms with Crippen LogP contribution in [-0.4, -0.2) is 24.3 Å². The van der Waals surface area contributed by atoms with Crippen LogP contribution in [0.2, 0.25) is 0 Å². The molecule has 1 saturated heterocycles. The van der Waals surface area contributed by atoms with Gasteiger partial charge in [0.25, 0.3) is 0 Å². The Morgan fingerprint density at radius 1 is 1.38 bits per heavy atom. The third kappa shape index (κ3) is 4.13. The summed E-state index contributed by atoms with van der Waals surface area (Å²) in [6, 6.07) is 9.59. The molecule has 1 fully saturated rings. The molecule has 0 aliphatic carbocycles. The molecule has 3 atom stereocenters. The Morgan fingerprint density at radius 3 is 2.71 bits per heavy atom. The Kier molecular flexibility index (Phi) is 5.06. The second-order valence-corrected chi connectivity index (χ2v) is 5.64. The number of benzene rings is 1. The van der Waals surface area contributed by atoms with Gasteiger partial charge in [0, 0.05) is 11.0 Å². The Labute approximate surface area is 124 Å². The zero-order chi connectivity index (χ0) is 15.2. The molecule has 0 bridgehead atoms. The van der Waals surface area contributed by atoms with Gasteiger partial charge in [-0.15, -0.1) is 0 Å². The lowest BCUT2D eigenvalue weighted by Crippen LogP contribution is -2.38. The van der Waals surface area contributed by atoms with Crippen molar-refractivity contribution in [1.29, 1.82) is 0 Å². The van der Waals surface area contributed by atoms with E-state index >= 15 is 0 Å². The highest BCUT2D eigenvalue weighted by molar-refractivity contribution is 5.70. The van der Waals surface area contributed by atoms with Crippen molar-refractivity contribution in [2.24, 2.45) is 11.0 Å². The van der Waals surface area contributed by atoms with Gasteiger partial charge in [-0.3, -0.25) is 0 Å². The maximum atomic E-state index is 11.4. The summed E-state index contributed by atoms with van der Waals surface area (Å²) in [6.45, 7) is 4.07. The molecule has 1 aliphatic rings. The van der Waals surface area contributed by atoms with Crippen LogP contribution in [0.3, 0.4) is 0 Å². The second-order valence-electron chi connectivity index (χ2n) is 5.64. The topological polar surface area (TPSA) is 87.1 Å². The first-order valence-corrected chi connectivity index (χ1v) is 7.15. The van der Waals surface area contributed by atoms with E-state index in [1.807, 2.05) is 44.2 Å². The quantitative estimate of drug-likeness (QED) is 0.494. The molecule has 0 aromatic heterocycles. The fraction of sp³-hybridized carbons (Fsp3) is 0.533. The number of hydrogen-bond acceptors (Lipinski definition) is 3.